The molecule has 0 aromatic heterocycles. The van der Waals surface area contributed by atoms with Crippen molar-refractivity contribution in [1.29, 1.82) is 0 Å². The largest absolute Gasteiger partial charge is 0.309 e. The summed E-state index contributed by atoms with van der Waals surface area (Å²) in [7, 11) is -3.10. The number of hydrogen-bond acceptors (Lipinski definition) is 3. The zero-order valence-electron chi connectivity index (χ0n) is 12.8. The lowest BCUT2D eigenvalue weighted by Crippen LogP contribution is -2.31. The summed E-state index contributed by atoms with van der Waals surface area (Å²) in [5.41, 5.74) is 1.05. The number of benzene rings is 2. The molecular weight excluding hydrogens is 282 g/mol. The van der Waals surface area contributed by atoms with E-state index >= 15 is 0 Å². The molecule has 2 aromatic carbocycles. The molecule has 0 amide bonds. The normalized spacial score (nSPS) is 13.7. The van der Waals surface area contributed by atoms with Gasteiger partial charge in [0.05, 0.1) is 11.0 Å². The van der Waals surface area contributed by atoms with E-state index in [9.17, 15) is 8.42 Å². The first kappa shape index (κ1) is 16.0. The summed E-state index contributed by atoms with van der Waals surface area (Å²) in [6, 6.07) is 14.0. The van der Waals surface area contributed by atoms with E-state index in [4.69, 9.17) is 0 Å². The van der Waals surface area contributed by atoms with Crippen LogP contribution in [-0.2, 0) is 9.84 Å². The molecule has 21 heavy (non-hydrogen) atoms. The molecule has 2 rings (SSSR count). The molecule has 0 aliphatic carbocycles. The predicted molar refractivity (Wildman–Crippen MR) is 89.3 cm³/mol. The maximum atomic E-state index is 12.3. The van der Waals surface area contributed by atoms with Gasteiger partial charge in [-0.3, -0.25) is 0 Å². The molecule has 0 aliphatic rings. The Kier molecular flexibility index (Phi) is 5.01. The molecule has 0 saturated carbocycles. The minimum atomic E-state index is -3.10. The molecule has 4 heteroatoms. The molecule has 3 nitrogen and oxygen atoms in total. The summed E-state index contributed by atoms with van der Waals surface area (Å²) < 4.78 is 24.6. The lowest BCUT2D eigenvalue weighted by Gasteiger charge is -2.21. The summed E-state index contributed by atoms with van der Waals surface area (Å²) in [4.78, 5) is 0. The maximum absolute atomic E-state index is 12.3. The zero-order chi connectivity index (χ0) is 15.5. The minimum Gasteiger partial charge on any atom is -0.309 e. The highest BCUT2D eigenvalue weighted by molar-refractivity contribution is 7.92. The van der Waals surface area contributed by atoms with Crippen LogP contribution in [0.4, 0.5) is 0 Å². The van der Waals surface area contributed by atoms with E-state index in [0.29, 0.717) is 0 Å². The van der Waals surface area contributed by atoms with E-state index in [2.05, 4.69) is 23.5 Å². The SMILES string of the molecule is CCNC(CS(=O)(=O)C(C)C)c1cccc2ccccc12. The highest BCUT2D eigenvalue weighted by Crippen LogP contribution is 2.26. The lowest BCUT2D eigenvalue weighted by atomic mass is 9.99. The second kappa shape index (κ2) is 6.58. The zero-order valence-corrected chi connectivity index (χ0v) is 13.7. The van der Waals surface area contributed by atoms with E-state index < -0.39 is 9.84 Å². The van der Waals surface area contributed by atoms with Crippen molar-refractivity contribution in [3.63, 3.8) is 0 Å². The van der Waals surface area contributed by atoms with Gasteiger partial charge < -0.3 is 5.32 Å². The second-order valence-electron chi connectivity index (χ2n) is 5.56. The van der Waals surface area contributed by atoms with E-state index in [1.807, 2.05) is 31.2 Å². The van der Waals surface area contributed by atoms with Crippen LogP contribution in [-0.4, -0.2) is 26.0 Å². The summed E-state index contributed by atoms with van der Waals surface area (Å²) >= 11 is 0. The summed E-state index contributed by atoms with van der Waals surface area (Å²) in [5, 5.41) is 5.22. The fraction of sp³-hybridized carbons (Fsp3) is 0.412. The monoisotopic (exact) mass is 305 g/mol. The third-order valence-corrected chi connectivity index (χ3v) is 6.00. The molecule has 1 atom stereocenters. The Labute approximate surface area is 127 Å². The molecule has 0 bridgehead atoms. The second-order valence-corrected chi connectivity index (χ2v) is 8.16. The summed E-state index contributed by atoms with van der Waals surface area (Å²) in [5.74, 6) is 0.131. The molecule has 2 aromatic rings. The molecular formula is C17H23NO2S. The van der Waals surface area contributed by atoms with Gasteiger partial charge in [0.1, 0.15) is 0 Å². The topological polar surface area (TPSA) is 46.2 Å². The molecule has 1 unspecified atom stereocenters. The van der Waals surface area contributed by atoms with Gasteiger partial charge >= 0.3 is 0 Å². The Morgan fingerprint density at radius 1 is 1.05 bits per heavy atom. The fourth-order valence-electron chi connectivity index (χ4n) is 2.48. The molecule has 1 N–H and O–H groups in total. The van der Waals surface area contributed by atoms with Crippen LogP contribution in [0, 0.1) is 0 Å². The standard InChI is InChI=1S/C17H23NO2S/c1-4-18-17(12-21(19,20)13(2)3)16-11-7-9-14-8-5-6-10-15(14)16/h5-11,13,17-18H,4,12H2,1-3H3. The Hall–Kier alpha value is -1.39. The van der Waals surface area contributed by atoms with Gasteiger partial charge in [0.25, 0.3) is 0 Å². The molecule has 114 valence electrons. The first-order chi connectivity index (χ1) is 9.95. The Bertz CT molecular complexity index is 702. The lowest BCUT2D eigenvalue weighted by molar-refractivity contribution is 0.554. The van der Waals surface area contributed by atoms with Crippen molar-refractivity contribution in [1.82, 2.24) is 5.32 Å². The smallest absolute Gasteiger partial charge is 0.154 e. The highest BCUT2D eigenvalue weighted by Gasteiger charge is 2.24. The van der Waals surface area contributed by atoms with Crippen molar-refractivity contribution in [3.8, 4) is 0 Å². The summed E-state index contributed by atoms with van der Waals surface area (Å²) in [6.07, 6.45) is 0. The van der Waals surface area contributed by atoms with Crippen LogP contribution < -0.4 is 5.32 Å². The van der Waals surface area contributed by atoms with Gasteiger partial charge in [-0.2, -0.15) is 0 Å². The number of sulfone groups is 1. The molecule has 0 fully saturated rings. The Morgan fingerprint density at radius 3 is 2.38 bits per heavy atom. The van der Waals surface area contributed by atoms with Crippen molar-refractivity contribution < 1.29 is 8.42 Å². The van der Waals surface area contributed by atoms with Crippen molar-refractivity contribution >= 4 is 20.6 Å². The Morgan fingerprint density at radius 2 is 1.71 bits per heavy atom. The maximum Gasteiger partial charge on any atom is 0.154 e. The number of fused-ring (bicyclic) bond motifs is 1. The van der Waals surface area contributed by atoms with Gasteiger partial charge in [-0.25, -0.2) is 8.42 Å². The third kappa shape index (κ3) is 3.63. The number of rotatable bonds is 6. The molecule has 0 spiro atoms. The van der Waals surface area contributed by atoms with Gasteiger partial charge in [-0.1, -0.05) is 49.4 Å². The van der Waals surface area contributed by atoms with Gasteiger partial charge in [0.15, 0.2) is 9.84 Å². The molecule has 0 radical (unpaired) electrons. The van der Waals surface area contributed by atoms with Crippen molar-refractivity contribution in [2.24, 2.45) is 0 Å². The average molecular weight is 305 g/mol. The van der Waals surface area contributed by atoms with Crippen molar-refractivity contribution in [3.05, 3.63) is 48.0 Å². The molecule has 0 heterocycles. The average Bonchev–Trinajstić information content (AvgIpc) is 2.46. The van der Waals surface area contributed by atoms with Crippen LogP contribution >= 0.6 is 0 Å². The van der Waals surface area contributed by atoms with Crippen LogP contribution in [0.2, 0.25) is 0 Å². The van der Waals surface area contributed by atoms with Gasteiger partial charge in [-0.05, 0) is 36.7 Å². The van der Waals surface area contributed by atoms with Crippen LogP contribution in [0.15, 0.2) is 42.5 Å². The van der Waals surface area contributed by atoms with E-state index in [1.165, 1.54) is 0 Å². The third-order valence-electron chi connectivity index (χ3n) is 3.77. The first-order valence-electron chi connectivity index (χ1n) is 7.38. The number of hydrogen-bond donors (Lipinski definition) is 1. The van der Waals surface area contributed by atoms with Gasteiger partial charge in [0, 0.05) is 6.04 Å². The van der Waals surface area contributed by atoms with E-state index in [1.54, 1.807) is 13.8 Å². The predicted octanol–water partition coefficient (Wildman–Crippen LogP) is 3.31. The fourth-order valence-corrected chi connectivity index (χ4v) is 3.63. The number of nitrogens with one attached hydrogen (secondary N) is 1. The summed E-state index contributed by atoms with van der Waals surface area (Å²) in [6.45, 7) is 6.21. The highest BCUT2D eigenvalue weighted by atomic mass is 32.2. The van der Waals surface area contributed by atoms with Crippen LogP contribution in [0.1, 0.15) is 32.4 Å². The van der Waals surface area contributed by atoms with Gasteiger partial charge in [-0.15, -0.1) is 0 Å². The first-order valence-corrected chi connectivity index (χ1v) is 9.10. The van der Waals surface area contributed by atoms with Crippen molar-refractivity contribution in [2.45, 2.75) is 32.1 Å². The quantitative estimate of drug-likeness (QED) is 0.890. The van der Waals surface area contributed by atoms with Crippen LogP contribution in [0.3, 0.4) is 0 Å². The van der Waals surface area contributed by atoms with Crippen LogP contribution in [0.5, 0.6) is 0 Å². The molecule has 0 aliphatic heterocycles. The van der Waals surface area contributed by atoms with Crippen molar-refractivity contribution in [2.75, 3.05) is 12.3 Å². The van der Waals surface area contributed by atoms with E-state index in [0.717, 1.165) is 22.9 Å². The molecule has 0 saturated heterocycles. The van der Waals surface area contributed by atoms with E-state index in [-0.39, 0.29) is 17.0 Å². The van der Waals surface area contributed by atoms with Crippen LogP contribution in [0.25, 0.3) is 10.8 Å². The minimum absolute atomic E-state index is 0.131. The van der Waals surface area contributed by atoms with Gasteiger partial charge in [0.2, 0.25) is 0 Å². The Balaban J connectivity index is 2.46.